The average Bonchev–Trinajstić information content (AvgIpc) is 2.49. The highest BCUT2D eigenvalue weighted by Crippen LogP contribution is 2.31. The fourth-order valence-corrected chi connectivity index (χ4v) is 3.00. The molecule has 0 aromatic heterocycles. The van der Waals surface area contributed by atoms with Gasteiger partial charge in [0.05, 0.1) is 6.10 Å². The van der Waals surface area contributed by atoms with Crippen LogP contribution in [-0.2, 0) is 11.3 Å². The van der Waals surface area contributed by atoms with Crippen molar-refractivity contribution in [1.82, 2.24) is 4.90 Å². The highest BCUT2D eigenvalue weighted by molar-refractivity contribution is 5.17. The Morgan fingerprint density at radius 3 is 2.85 bits per heavy atom. The zero-order chi connectivity index (χ0) is 14.6. The summed E-state index contributed by atoms with van der Waals surface area (Å²) in [4.78, 5) is 2.20. The zero-order valence-electron chi connectivity index (χ0n) is 12.4. The van der Waals surface area contributed by atoms with Crippen molar-refractivity contribution in [1.29, 1.82) is 0 Å². The Bertz CT molecular complexity index is 440. The van der Waals surface area contributed by atoms with Crippen LogP contribution in [0.15, 0.2) is 24.3 Å². The molecular formula is C16H25FN2O. The molecule has 2 N–H and O–H groups in total. The van der Waals surface area contributed by atoms with Gasteiger partial charge in [-0.05, 0) is 32.4 Å². The summed E-state index contributed by atoms with van der Waals surface area (Å²) in [5.41, 5.74) is 6.70. The molecule has 1 aliphatic heterocycles. The van der Waals surface area contributed by atoms with E-state index in [0.717, 1.165) is 31.4 Å². The lowest BCUT2D eigenvalue weighted by atomic mass is 9.84. The highest BCUT2D eigenvalue weighted by atomic mass is 19.1. The number of likely N-dealkylation sites (N-methyl/N-ethyl adjacent to an activating group) is 1. The van der Waals surface area contributed by atoms with Gasteiger partial charge < -0.3 is 10.5 Å². The molecule has 3 nitrogen and oxygen atoms in total. The van der Waals surface area contributed by atoms with Gasteiger partial charge in [0.15, 0.2) is 0 Å². The summed E-state index contributed by atoms with van der Waals surface area (Å²) in [7, 11) is 2.04. The molecule has 0 aliphatic carbocycles. The van der Waals surface area contributed by atoms with Crippen molar-refractivity contribution in [2.45, 2.75) is 44.4 Å². The van der Waals surface area contributed by atoms with Crippen LogP contribution in [0.3, 0.4) is 0 Å². The van der Waals surface area contributed by atoms with Gasteiger partial charge in [-0.2, -0.15) is 0 Å². The van der Waals surface area contributed by atoms with Crippen LogP contribution in [0.1, 0.15) is 31.7 Å². The summed E-state index contributed by atoms with van der Waals surface area (Å²) in [6.07, 6.45) is 3.08. The maximum absolute atomic E-state index is 13.8. The smallest absolute Gasteiger partial charge is 0.127 e. The fraction of sp³-hybridized carbons (Fsp3) is 0.625. The summed E-state index contributed by atoms with van der Waals surface area (Å²) in [5, 5.41) is 0. The second-order valence-corrected chi connectivity index (χ2v) is 5.73. The van der Waals surface area contributed by atoms with Crippen molar-refractivity contribution in [3.8, 4) is 0 Å². The number of ether oxygens (including phenoxy) is 1. The van der Waals surface area contributed by atoms with Gasteiger partial charge in [-0.1, -0.05) is 25.1 Å². The lowest BCUT2D eigenvalue weighted by Crippen LogP contribution is -2.56. The summed E-state index contributed by atoms with van der Waals surface area (Å²) >= 11 is 0. The minimum absolute atomic E-state index is 0.0821. The number of hydrogen-bond acceptors (Lipinski definition) is 3. The van der Waals surface area contributed by atoms with Gasteiger partial charge in [0.1, 0.15) is 5.82 Å². The first-order valence-electron chi connectivity index (χ1n) is 7.37. The monoisotopic (exact) mass is 280 g/mol. The lowest BCUT2D eigenvalue weighted by Gasteiger charge is -2.46. The van der Waals surface area contributed by atoms with E-state index in [-0.39, 0.29) is 17.5 Å². The molecule has 2 unspecified atom stereocenters. The summed E-state index contributed by atoms with van der Waals surface area (Å²) < 4.78 is 19.6. The minimum Gasteiger partial charge on any atom is -0.378 e. The summed E-state index contributed by atoms with van der Waals surface area (Å²) in [6.45, 7) is 4.03. The molecule has 1 fully saturated rings. The molecule has 1 heterocycles. The first kappa shape index (κ1) is 15.4. The van der Waals surface area contributed by atoms with Gasteiger partial charge in [0, 0.05) is 30.8 Å². The van der Waals surface area contributed by atoms with Crippen molar-refractivity contribution >= 4 is 0 Å². The van der Waals surface area contributed by atoms with Gasteiger partial charge in [-0.25, -0.2) is 4.39 Å². The minimum atomic E-state index is -0.148. The van der Waals surface area contributed by atoms with E-state index >= 15 is 0 Å². The SMILES string of the molecule is CCC1CC(CN)(N(C)Cc2ccccc2F)CCO1. The molecule has 0 saturated carbocycles. The number of halogens is 1. The van der Waals surface area contributed by atoms with E-state index in [1.54, 1.807) is 6.07 Å². The van der Waals surface area contributed by atoms with Gasteiger partial charge in [-0.15, -0.1) is 0 Å². The van der Waals surface area contributed by atoms with Crippen molar-refractivity contribution < 1.29 is 9.13 Å². The average molecular weight is 280 g/mol. The third kappa shape index (κ3) is 3.19. The number of rotatable bonds is 5. The van der Waals surface area contributed by atoms with E-state index in [2.05, 4.69) is 11.8 Å². The van der Waals surface area contributed by atoms with E-state index in [9.17, 15) is 4.39 Å². The molecule has 1 aromatic rings. The van der Waals surface area contributed by atoms with Crippen molar-refractivity contribution in [3.05, 3.63) is 35.6 Å². The topological polar surface area (TPSA) is 38.5 Å². The number of nitrogens with two attached hydrogens (primary N) is 1. The molecule has 0 bridgehead atoms. The quantitative estimate of drug-likeness (QED) is 0.901. The van der Waals surface area contributed by atoms with Crippen LogP contribution in [0.5, 0.6) is 0 Å². The van der Waals surface area contributed by atoms with Gasteiger partial charge in [0.25, 0.3) is 0 Å². The molecule has 4 heteroatoms. The molecular weight excluding hydrogens is 255 g/mol. The molecule has 0 amide bonds. The van der Waals surface area contributed by atoms with E-state index < -0.39 is 0 Å². The Morgan fingerprint density at radius 2 is 2.20 bits per heavy atom. The third-order valence-electron chi connectivity index (χ3n) is 4.54. The van der Waals surface area contributed by atoms with E-state index in [4.69, 9.17) is 10.5 Å². The van der Waals surface area contributed by atoms with Crippen LogP contribution < -0.4 is 5.73 Å². The normalized spacial score (nSPS) is 26.9. The fourth-order valence-electron chi connectivity index (χ4n) is 3.00. The molecule has 112 valence electrons. The van der Waals surface area contributed by atoms with Crippen LogP contribution in [0.2, 0.25) is 0 Å². The molecule has 1 saturated heterocycles. The van der Waals surface area contributed by atoms with E-state index in [1.165, 1.54) is 6.07 Å². The Morgan fingerprint density at radius 1 is 1.45 bits per heavy atom. The molecule has 2 rings (SSSR count). The van der Waals surface area contributed by atoms with Gasteiger partial charge in [0.2, 0.25) is 0 Å². The maximum atomic E-state index is 13.8. The van der Waals surface area contributed by atoms with Crippen LogP contribution in [0.25, 0.3) is 0 Å². The molecule has 0 radical (unpaired) electrons. The number of benzene rings is 1. The summed E-state index contributed by atoms with van der Waals surface area (Å²) in [6, 6.07) is 6.95. The van der Waals surface area contributed by atoms with Gasteiger partial charge >= 0.3 is 0 Å². The molecule has 2 atom stereocenters. The van der Waals surface area contributed by atoms with Crippen molar-refractivity contribution in [2.75, 3.05) is 20.2 Å². The zero-order valence-corrected chi connectivity index (χ0v) is 12.4. The third-order valence-corrected chi connectivity index (χ3v) is 4.54. The molecule has 1 aliphatic rings. The first-order valence-corrected chi connectivity index (χ1v) is 7.37. The number of hydrogen-bond donors (Lipinski definition) is 1. The van der Waals surface area contributed by atoms with E-state index in [0.29, 0.717) is 13.1 Å². The Labute approximate surface area is 120 Å². The second-order valence-electron chi connectivity index (χ2n) is 5.73. The van der Waals surface area contributed by atoms with Gasteiger partial charge in [-0.3, -0.25) is 4.90 Å². The van der Waals surface area contributed by atoms with Crippen molar-refractivity contribution in [3.63, 3.8) is 0 Å². The predicted octanol–water partition coefficient (Wildman–Crippen LogP) is 2.54. The lowest BCUT2D eigenvalue weighted by molar-refractivity contribution is -0.0673. The largest absolute Gasteiger partial charge is 0.378 e. The maximum Gasteiger partial charge on any atom is 0.127 e. The summed E-state index contributed by atoms with van der Waals surface area (Å²) in [5.74, 6) is -0.148. The molecule has 1 aromatic carbocycles. The van der Waals surface area contributed by atoms with E-state index in [1.807, 2.05) is 19.2 Å². The van der Waals surface area contributed by atoms with Crippen LogP contribution in [-0.4, -0.2) is 36.7 Å². The first-order chi connectivity index (χ1) is 9.61. The Kier molecular flexibility index (Phi) is 5.13. The van der Waals surface area contributed by atoms with Crippen LogP contribution in [0.4, 0.5) is 4.39 Å². The molecule has 20 heavy (non-hydrogen) atoms. The predicted molar refractivity (Wildman–Crippen MR) is 78.9 cm³/mol. The second kappa shape index (κ2) is 6.66. The standard InChI is InChI=1S/C16H25FN2O/c1-3-14-10-16(12-18,8-9-20-14)19(2)11-13-6-4-5-7-15(13)17/h4-7,14H,3,8-12,18H2,1-2H3. The van der Waals surface area contributed by atoms with Crippen molar-refractivity contribution in [2.24, 2.45) is 5.73 Å². The van der Waals surface area contributed by atoms with Crippen LogP contribution >= 0.6 is 0 Å². The Hall–Kier alpha value is -0.970. The Balaban J connectivity index is 2.12. The van der Waals surface area contributed by atoms with Crippen LogP contribution in [0, 0.1) is 5.82 Å². The highest BCUT2D eigenvalue weighted by Gasteiger charge is 2.38. The number of nitrogens with zero attached hydrogens (tertiary/aromatic N) is 1. The molecule has 0 spiro atoms.